The van der Waals surface area contributed by atoms with Crippen molar-refractivity contribution in [2.24, 2.45) is 0 Å². The van der Waals surface area contributed by atoms with E-state index in [0.717, 1.165) is 61.4 Å². The van der Waals surface area contributed by atoms with E-state index >= 15 is 0 Å². The zero-order valence-electron chi connectivity index (χ0n) is 43.7. The van der Waals surface area contributed by atoms with Gasteiger partial charge in [0.05, 0.1) is 22.1 Å². The maximum Gasteiger partial charge on any atom is 0.143 e. The quantitative estimate of drug-likeness (QED) is 0.152. The molecule has 0 atom stereocenters. The van der Waals surface area contributed by atoms with Crippen LogP contribution in [0.15, 0.2) is 277 Å². The van der Waals surface area contributed by atoms with E-state index in [1.54, 1.807) is 0 Å². The lowest BCUT2D eigenvalue weighted by atomic mass is 9.81. The lowest BCUT2D eigenvalue weighted by Gasteiger charge is -2.28. The maximum absolute atomic E-state index is 6.53. The van der Waals surface area contributed by atoms with Crippen LogP contribution in [0.2, 0.25) is 0 Å². The van der Waals surface area contributed by atoms with Gasteiger partial charge in [0.1, 0.15) is 11.2 Å². The van der Waals surface area contributed by atoms with Gasteiger partial charge in [-0.25, -0.2) is 0 Å². The number of fused-ring (bicyclic) bond motifs is 12. The van der Waals surface area contributed by atoms with E-state index < -0.39 is 0 Å². The topological polar surface area (TPSA) is 26.2 Å². The summed E-state index contributed by atoms with van der Waals surface area (Å²) in [4.78, 5) is 2.41. The molecule has 0 amide bonds. The molecule has 372 valence electrons. The summed E-state index contributed by atoms with van der Waals surface area (Å²) in [6, 6.07) is 99.9. The van der Waals surface area contributed by atoms with E-state index in [1.165, 1.54) is 88.2 Å². The first-order valence-electron chi connectivity index (χ1n) is 27.3. The Labute approximate surface area is 457 Å². The molecule has 0 saturated heterocycles. The summed E-state index contributed by atoms with van der Waals surface area (Å²) in [5, 5.41) is 7.27. The van der Waals surface area contributed by atoms with Crippen LogP contribution in [0.25, 0.3) is 121 Å². The van der Waals surface area contributed by atoms with Crippen molar-refractivity contribution in [3.8, 4) is 55.9 Å². The summed E-state index contributed by atoms with van der Waals surface area (Å²) in [6.07, 6.45) is 0. The molecule has 0 spiro atoms. The molecule has 1 aliphatic rings. The van der Waals surface area contributed by atoms with Gasteiger partial charge in [0.25, 0.3) is 0 Å². The van der Waals surface area contributed by atoms with E-state index in [2.05, 4.69) is 295 Å². The molecule has 79 heavy (non-hydrogen) atoms. The van der Waals surface area contributed by atoms with Gasteiger partial charge in [-0.2, -0.15) is 0 Å². The fraction of sp³-hybridized carbons (Fsp3) is 0.0400. The summed E-state index contributed by atoms with van der Waals surface area (Å²) in [5.41, 5.74) is 24.1. The second-order valence-corrected chi connectivity index (χ2v) is 21.7. The lowest BCUT2D eigenvalue weighted by Crippen LogP contribution is -2.16. The number of rotatable bonds is 8. The molecule has 1 aliphatic carbocycles. The average Bonchev–Trinajstić information content (AvgIpc) is 4.37. The highest BCUT2D eigenvalue weighted by atomic mass is 16.3. The van der Waals surface area contributed by atoms with Crippen LogP contribution in [0.1, 0.15) is 25.0 Å². The Morgan fingerprint density at radius 2 is 0.785 bits per heavy atom. The maximum atomic E-state index is 6.53. The molecule has 15 aromatic rings. The first-order valence-corrected chi connectivity index (χ1v) is 27.3. The van der Waals surface area contributed by atoms with Gasteiger partial charge >= 0.3 is 0 Å². The van der Waals surface area contributed by atoms with Crippen molar-refractivity contribution in [2.75, 3.05) is 4.90 Å². The number of aromatic nitrogens is 2. The number of anilines is 3. The van der Waals surface area contributed by atoms with Crippen molar-refractivity contribution in [2.45, 2.75) is 19.3 Å². The SMILES string of the molecule is CC1(C)c2cc(-c3ccc4c(c3)c3ccccc3n4-c3ccccc3)ccc2-c2ccc(N(c3ccc(-c4ccc5c6ccccc6n(-c6ccccc6)c5c4)cc3)c3ccc(-c4cccc5c4oc4ccccc45)cc3)cc21. The molecular formula is C75H51N3O. The number of hydrogen-bond acceptors (Lipinski definition) is 2. The highest BCUT2D eigenvalue weighted by molar-refractivity contribution is 6.12. The minimum atomic E-state index is -0.268. The van der Waals surface area contributed by atoms with Crippen LogP contribution in [0.3, 0.4) is 0 Å². The third-order valence-corrected chi connectivity index (χ3v) is 16.9. The summed E-state index contributed by atoms with van der Waals surface area (Å²) in [6.45, 7) is 4.78. The van der Waals surface area contributed by atoms with Crippen LogP contribution in [0, 0.1) is 0 Å². The molecule has 0 saturated carbocycles. The van der Waals surface area contributed by atoms with Gasteiger partial charge in [0, 0.05) is 71.7 Å². The highest BCUT2D eigenvalue weighted by Crippen LogP contribution is 2.52. The van der Waals surface area contributed by atoms with Gasteiger partial charge in [0.2, 0.25) is 0 Å². The largest absolute Gasteiger partial charge is 0.455 e. The van der Waals surface area contributed by atoms with Crippen LogP contribution in [-0.2, 0) is 5.41 Å². The van der Waals surface area contributed by atoms with Gasteiger partial charge in [-0.15, -0.1) is 0 Å². The van der Waals surface area contributed by atoms with Crippen molar-refractivity contribution < 1.29 is 4.42 Å². The second kappa shape index (κ2) is 17.4. The zero-order chi connectivity index (χ0) is 52.3. The van der Waals surface area contributed by atoms with E-state index in [4.69, 9.17) is 4.42 Å². The predicted molar refractivity (Wildman–Crippen MR) is 331 cm³/mol. The molecule has 12 aromatic carbocycles. The van der Waals surface area contributed by atoms with Crippen LogP contribution < -0.4 is 4.90 Å². The molecule has 0 bridgehead atoms. The van der Waals surface area contributed by atoms with Crippen molar-refractivity contribution in [3.63, 3.8) is 0 Å². The molecule has 3 heterocycles. The number of para-hydroxylation sites is 6. The Balaban J connectivity index is 0.791. The minimum absolute atomic E-state index is 0.268. The molecular weight excluding hydrogens is 959 g/mol. The number of furan rings is 1. The summed E-state index contributed by atoms with van der Waals surface area (Å²) in [5.74, 6) is 0. The van der Waals surface area contributed by atoms with E-state index in [-0.39, 0.29) is 5.41 Å². The number of nitrogens with zero attached hydrogens (tertiary/aromatic N) is 3. The van der Waals surface area contributed by atoms with E-state index in [9.17, 15) is 0 Å². The second-order valence-electron chi connectivity index (χ2n) is 21.7. The zero-order valence-corrected chi connectivity index (χ0v) is 43.7. The highest BCUT2D eigenvalue weighted by Gasteiger charge is 2.36. The molecule has 0 unspecified atom stereocenters. The van der Waals surface area contributed by atoms with Gasteiger partial charge in [-0.3, -0.25) is 0 Å². The normalized spacial score (nSPS) is 12.8. The summed E-state index contributed by atoms with van der Waals surface area (Å²) >= 11 is 0. The lowest BCUT2D eigenvalue weighted by molar-refractivity contribution is 0.660. The molecule has 0 radical (unpaired) electrons. The van der Waals surface area contributed by atoms with Crippen molar-refractivity contribution in [3.05, 3.63) is 284 Å². The van der Waals surface area contributed by atoms with Gasteiger partial charge in [-0.05, 0) is 153 Å². The van der Waals surface area contributed by atoms with Gasteiger partial charge < -0.3 is 18.5 Å². The summed E-state index contributed by atoms with van der Waals surface area (Å²) in [7, 11) is 0. The van der Waals surface area contributed by atoms with Crippen LogP contribution >= 0.6 is 0 Å². The van der Waals surface area contributed by atoms with Crippen molar-refractivity contribution >= 4 is 82.6 Å². The number of benzene rings is 12. The Kier molecular flexibility index (Phi) is 9.95. The van der Waals surface area contributed by atoms with Gasteiger partial charge in [0.15, 0.2) is 0 Å². The first kappa shape index (κ1) is 45.1. The predicted octanol–water partition coefficient (Wildman–Crippen LogP) is 20.6. The van der Waals surface area contributed by atoms with Crippen molar-refractivity contribution in [1.82, 2.24) is 9.13 Å². The van der Waals surface area contributed by atoms with Gasteiger partial charge in [-0.1, -0.05) is 184 Å². The van der Waals surface area contributed by atoms with Crippen LogP contribution in [-0.4, -0.2) is 9.13 Å². The fourth-order valence-corrected chi connectivity index (χ4v) is 13.1. The number of hydrogen-bond donors (Lipinski definition) is 0. The molecule has 0 aliphatic heterocycles. The minimum Gasteiger partial charge on any atom is -0.455 e. The molecule has 0 N–H and O–H groups in total. The van der Waals surface area contributed by atoms with Crippen molar-refractivity contribution in [1.29, 1.82) is 0 Å². The Bertz CT molecular complexity index is 4900. The molecule has 4 nitrogen and oxygen atoms in total. The van der Waals surface area contributed by atoms with Crippen LogP contribution in [0.4, 0.5) is 17.1 Å². The Morgan fingerprint density at radius 3 is 1.49 bits per heavy atom. The third-order valence-electron chi connectivity index (χ3n) is 16.9. The first-order chi connectivity index (χ1) is 38.9. The smallest absolute Gasteiger partial charge is 0.143 e. The monoisotopic (exact) mass is 1010 g/mol. The molecule has 3 aromatic heterocycles. The third kappa shape index (κ3) is 7.01. The Morgan fingerprint density at radius 1 is 0.304 bits per heavy atom. The Hall–Kier alpha value is -10.2. The van der Waals surface area contributed by atoms with E-state index in [1.807, 2.05) is 6.07 Å². The molecule has 16 rings (SSSR count). The molecule has 0 fully saturated rings. The fourth-order valence-electron chi connectivity index (χ4n) is 13.1. The van der Waals surface area contributed by atoms with E-state index in [0.29, 0.717) is 0 Å². The standard InChI is InChI=1S/C75H51N3O/c1-75(2)67-45-51(50-34-43-71-66(44-50)62-21-10-13-26-70(62)77(71)53-16-5-3-6-17-53)32-40-59(67)60-42-39-57(47-68(60)75)76(56-37-30-49(31-38-56)58-23-15-24-65-64-22-11-14-27-73(64)79-74(58)65)55-35-28-48(29-36-55)52-33-41-63-61-20-9-12-25-69(61)78(72(63)46-52)54-18-7-4-8-19-54/h3-47H,1-2H3. The average molecular weight is 1010 g/mol. The summed E-state index contributed by atoms with van der Waals surface area (Å²) < 4.78 is 11.3. The molecule has 4 heteroatoms. The van der Waals surface area contributed by atoms with Crippen LogP contribution in [0.5, 0.6) is 0 Å².